The van der Waals surface area contributed by atoms with Crippen molar-refractivity contribution < 1.29 is 38.8 Å². The summed E-state index contributed by atoms with van der Waals surface area (Å²) >= 11 is 5.73. The number of carboxylic acids is 2. The number of carbonyl (C=O) groups is 2. The van der Waals surface area contributed by atoms with Gasteiger partial charge in [-0.15, -0.1) is 0 Å². The minimum atomic E-state index is -2.81. The third-order valence-electron chi connectivity index (χ3n) is 4.62. The number of aliphatic hydroxyl groups is 1. The van der Waals surface area contributed by atoms with Crippen molar-refractivity contribution in [3.8, 4) is 11.5 Å². The second-order valence-electron chi connectivity index (χ2n) is 6.88. The van der Waals surface area contributed by atoms with Gasteiger partial charge in [0.05, 0.1) is 11.1 Å². The van der Waals surface area contributed by atoms with Gasteiger partial charge in [0.15, 0.2) is 11.5 Å². The SMILES string of the molecule is CC(Cc1ccc2c(c1)OC(C(=O)O)(C(=O)O)O2)NCC(O)c1cccc(Cl)c1F. The van der Waals surface area contributed by atoms with Crippen molar-refractivity contribution >= 4 is 23.5 Å². The van der Waals surface area contributed by atoms with Gasteiger partial charge in [-0.3, -0.25) is 0 Å². The Balaban J connectivity index is 1.62. The number of halogens is 2. The Kier molecular flexibility index (Phi) is 6.16. The van der Waals surface area contributed by atoms with Gasteiger partial charge in [-0.2, -0.15) is 0 Å². The molecule has 30 heavy (non-hydrogen) atoms. The maximum absolute atomic E-state index is 14.0. The van der Waals surface area contributed by atoms with Crippen LogP contribution in [0.4, 0.5) is 4.39 Å². The first-order valence-electron chi connectivity index (χ1n) is 8.97. The van der Waals surface area contributed by atoms with Crippen LogP contribution in [-0.2, 0) is 16.0 Å². The molecule has 4 N–H and O–H groups in total. The van der Waals surface area contributed by atoms with Crippen LogP contribution in [-0.4, -0.2) is 45.6 Å². The van der Waals surface area contributed by atoms with Gasteiger partial charge < -0.3 is 30.1 Å². The van der Waals surface area contributed by atoms with Gasteiger partial charge >= 0.3 is 17.7 Å². The third kappa shape index (κ3) is 4.18. The molecule has 160 valence electrons. The fourth-order valence-electron chi connectivity index (χ4n) is 3.07. The normalized spacial score (nSPS) is 16.1. The summed E-state index contributed by atoms with van der Waals surface area (Å²) in [5, 5.41) is 31.6. The Morgan fingerprint density at radius 3 is 2.50 bits per heavy atom. The highest BCUT2D eigenvalue weighted by molar-refractivity contribution is 6.30. The number of hydrogen-bond donors (Lipinski definition) is 4. The number of aliphatic carboxylic acids is 2. The fraction of sp³-hybridized carbons (Fsp3) is 0.300. The second kappa shape index (κ2) is 8.47. The number of benzene rings is 2. The van der Waals surface area contributed by atoms with E-state index in [1.165, 1.54) is 24.3 Å². The molecule has 0 fully saturated rings. The highest BCUT2D eigenvalue weighted by Gasteiger charge is 2.57. The Morgan fingerprint density at radius 1 is 1.17 bits per heavy atom. The van der Waals surface area contributed by atoms with Gasteiger partial charge in [0.1, 0.15) is 5.82 Å². The summed E-state index contributed by atoms with van der Waals surface area (Å²) in [4.78, 5) is 22.6. The molecule has 2 unspecified atom stereocenters. The second-order valence-corrected chi connectivity index (χ2v) is 7.29. The van der Waals surface area contributed by atoms with E-state index >= 15 is 0 Å². The summed E-state index contributed by atoms with van der Waals surface area (Å²) in [5.41, 5.74) is 0.802. The van der Waals surface area contributed by atoms with Crippen LogP contribution in [0.5, 0.6) is 11.5 Å². The van der Waals surface area contributed by atoms with Crippen LogP contribution >= 0.6 is 11.6 Å². The van der Waals surface area contributed by atoms with E-state index in [0.29, 0.717) is 12.0 Å². The predicted molar refractivity (Wildman–Crippen MR) is 103 cm³/mol. The summed E-state index contributed by atoms with van der Waals surface area (Å²) in [5.74, 6) is -7.01. The van der Waals surface area contributed by atoms with Crippen molar-refractivity contribution in [1.29, 1.82) is 0 Å². The molecule has 0 saturated heterocycles. The molecule has 0 amide bonds. The molecule has 1 heterocycles. The maximum Gasteiger partial charge on any atom is 0.453 e. The number of aliphatic hydroxyl groups excluding tert-OH is 1. The molecule has 0 aromatic heterocycles. The van der Waals surface area contributed by atoms with E-state index in [9.17, 15) is 29.3 Å². The van der Waals surface area contributed by atoms with Crippen molar-refractivity contribution in [3.05, 3.63) is 58.4 Å². The molecule has 2 aromatic rings. The Bertz CT molecular complexity index is 970. The molecule has 0 bridgehead atoms. The van der Waals surface area contributed by atoms with Gasteiger partial charge in [0, 0.05) is 18.2 Å². The van der Waals surface area contributed by atoms with Crippen molar-refractivity contribution in [2.24, 2.45) is 0 Å². The Labute approximate surface area is 175 Å². The van der Waals surface area contributed by atoms with Crippen LogP contribution in [0.3, 0.4) is 0 Å². The highest BCUT2D eigenvalue weighted by Crippen LogP contribution is 2.40. The highest BCUT2D eigenvalue weighted by atomic mass is 35.5. The fourth-order valence-corrected chi connectivity index (χ4v) is 3.25. The zero-order chi connectivity index (χ0) is 22.1. The summed E-state index contributed by atoms with van der Waals surface area (Å²) in [6, 6.07) is 8.81. The van der Waals surface area contributed by atoms with Crippen LogP contribution in [0, 0.1) is 5.82 Å². The minimum absolute atomic E-state index is 0.00512. The Hall–Kier alpha value is -2.88. The van der Waals surface area contributed by atoms with Gasteiger partial charge in [-0.25, -0.2) is 14.0 Å². The lowest BCUT2D eigenvalue weighted by Gasteiger charge is -2.18. The largest absolute Gasteiger partial charge is 0.475 e. The average Bonchev–Trinajstić information content (AvgIpc) is 3.09. The topological polar surface area (TPSA) is 125 Å². The summed E-state index contributed by atoms with van der Waals surface area (Å²) < 4.78 is 24.1. The van der Waals surface area contributed by atoms with E-state index in [2.05, 4.69) is 5.32 Å². The molecular formula is C20H19ClFNO7. The maximum atomic E-state index is 14.0. The van der Waals surface area contributed by atoms with E-state index in [1.54, 1.807) is 12.1 Å². The lowest BCUT2D eigenvalue weighted by molar-refractivity contribution is -0.194. The molecule has 1 aliphatic heterocycles. The van der Waals surface area contributed by atoms with Gasteiger partial charge in [0.2, 0.25) is 0 Å². The summed E-state index contributed by atoms with van der Waals surface area (Å²) in [6.07, 6.45) is -0.663. The third-order valence-corrected chi connectivity index (χ3v) is 4.91. The molecule has 2 aromatic carbocycles. The van der Waals surface area contributed by atoms with Crippen molar-refractivity contribution in [3.63, 3.8) is 0 Å². The van der Waals surface area contributed by atoms with Crippen LogP contribution in [0.25, 0.3) is 0 Å². The van der Waals surface area contributed by atoms with E-state index in [1.807, 2.05) is 6.92 Å². The molecule has 2 atom stereocenters. The van der Waals surface area contributed by atoms with E-state index in [-0.39, 0.29) is 34.7 Å². The number of ether oxygens (including phenoxy) is 2. The van der Waals surface area contributed by atoms with Crippen LogP contribution in [0.1, 0.15) is 24.2 Å². The van der Waals surface area contributed by atoms with Crippen molar-refractivity contribution in [1.82, 2.24) is 5.32 Å². The quantitative estimate of drug-likeness (QED) is 0.462. The van der Waals surface area contributed by atoms with Gasteiger partial charge in [-0.05, 0) is 37.1 Å². The monoisotopic (exact) mass is 439 g/mol. The lowest BCUT2D eigenvalue weighted by Crippen LogP contribution is -2.54. The molecule has 0 aliphatic carbocycles. The zero-order valence-corrected chi connectivity index (χ0v) is 16.5. The van der Waals surface area contributed by atoms with Crippen LogP contribution in [0.2, 0.25) is 5.02 Å². The molecular weight excluding hydrogens is 421 g/mol. The molecule has 0 saturated carbocycles. The van der Waals surface area contributed by atoms with Crippen molar-refractivity contribution in [2.75, 3.05) is 6.54 Å². The van der Waals surface area contributed by atoms with E-state index in [0.717, 1.165) is 0 Å². The smallest absolute Gasteiger partial charge is 0.453 e. The molecule has 10 heteroatoms. The van der Waals surface area contributed by atoms with E-state index in [4.69, 9.17) is 21.1 Å². The molecule has 8 nitrogen and oxygen atoms in total. The minimum Gasteiger partial charge on any atom is -0.475 e. The van der Waals surface area contributed by atoms with Gasteiger partial charge in [0.25, 0.3) is 0 Å². The average molecular weight is 440 g/mol. The van der Waals surface area contributed by atoms with E-state index < -0.39 is 29.6 Å². The number of fused-ring (bicyclic) bond motifs is 1. The standard InChI is InChI=1S/C20H19ClFNO7/c1-10(23-9-14(24)12-3-2-4-13(21)17(12)22)7-11-5-6-15-16(8-11)30-20(29-15,18(25)26)19(27)28/h2-6,8,10,14,23-24H,7,9H2,1H3,(H,25,26)(H,27,28). The molecule has 3 rings (SSSR count). The molecule has 0 spiro atoms. The number of rotatable bonds is 8. The molecule has 0 radical (unpaired) electrons. The van der Waals surface area contributed by atoms with Crippen LogP contribution in [0.15, 0.2) is 36.4 Å². The summed E-state index contributed by atoms with van der Waals surface area (Å²) in [6.45, 7) is 1.91. The van der Waals surface area contributed by atoms with Crippen LogP contribution < -0.4 is 14.8 Å². The first kappa shape index (κ1) is 21.8. The zero-order valence-electron chi connectivity index (χ0n) is 15.8. The first-order valence-corrected chi connectivity index (χ1v) is 9.35. The Morgan fingerprint density at radius 2 is 1.83 bits per heavy atom. The molecule has 1 aliphatic rings. The lowest BCUT2D eigenvalue weighted by atomic mass is 10.1. The number of carboxylic acid groups (broad SMARTS) is 2. The first-order chi connectivity index (χ1) is 14.1. The summed E-state index contributed by atoms with van der Waals surface area (Å²) in [7, 11) is 0. The van der Waals surface area contributed by atoms with Gasteiger partial charge in [-0.1, -0.05) is 29.8 Å². The number of nitrogens with one attached hydrogen (secondary N) is 1. The number of hydrogen-bond acceptors (Lipinski definition) is 6. The predicted octanol–water partition coefficient (Wildman–Crippen LogP) is 2.37. The van der Waals surface area contributed by atoms with Crippen molar-refractivity contribution in [2.45, 2.75) is 31.3 Å².